The lowest BCUT2D eigenvalue weighted by Gasteiger charge is -2.09. The molecule has 0 heterocycles. The van der Waals surface area contributed by atoms with Crippen LogP contribution in [0.2, 0.25) is 5.02 Å². The quantitative estimate of drug-likeness (QED) is 0.888. The Morgan fingerprint density at radius 1 is 1.10 bits per heavy atom. The zero-order valence-corrected chi connectivity index (χ0v) is 13.1. The van der Waals surface area contributed by atoms with E-state index in [9.17, 15) is 8.42 Å². The molecule has 0 aliphatic heterocycles. The van der Waals surface area contributed by atoms with Gasteiger partial charge in [-0.05, 0) is 35.7 Å². The topological polar surface area (TPSA) is 66.4 Å². The van der Waals surface area contributed by atoms with E-state index >= 15 is 0 Å². The third-order valence-corrected chi connectivity index (χ3v) is 4.93. The van der Waals surface area contributed by atoms with Crippen LogP contribution in [0, 0.1) is 6.92 Å². The Balaban J connectivity index is 2.13. The molecule has 2 rings (SSSR count). The van der Waals surface area contributed by atoms with Crippen molar-refractivity contribution in [1.82, 2.24) is 4.72 Å². The second-order valence-electron chi connectivity index (χ2n) is 4.73. The Morgan fingerprint density at radius 3 is 2.29 bits per heavy atom. The average Bonchev–Trinajstić information content (AvgIpc) is 2.45. The van der Waals surface area contributed by atoms with Crippen LogP contribution in [-0.4, -0.2) is 13.5 Å². The van der Waals surface area contributed by atoms with Gasteiger partial charge in [-0.2, -0.15) is 0 Å². The van der Waals surface area contributed by atoms with Gasteiger partial charge in [0.1, 0.15) is 4.90 Å². The third-order valence-electron chi connectivity index (χ3n) is 3.05. The molecule has 4 nitrogen and oxygen atoms in total. The summed E-state index contributed by atoms with van der Waals surface area (Å²) in [6.07, 6.45) is 0. The predicted molar refractivity (Wildman–Crippen MR) is 82.6 cm³/mol. The summed E-state index contributed by atoms with van der Waals surface area (Å²) in [5.41, 5.74) is 2.49. The Hall–Kier alpha value is -1.40. The molecular formula is C15H16ClNO3S. The second kappa shape index (κ2) is 6.58. The zero-order chi connectivity index (χ0) is 15.5. The molecule has 2 aromatic rings. The molecule has 0 radical (unpaired) electrons. The predicted octanol–water partition coefficient (Wildman–Crippen LogP) is 2.62. The lowest BCUT2D eigenvalue weighted by atomic mass is 10.1. The standard InChI is InChI=1S/C15H16ClNO3S/c1-11-2-7-15(14(16)8-11)21(19,20)17-9-12-3-5-13(10-18)6-4-12/h2-8,17-18H,9-10H2,1H3. The smallest absolute Gasteiger partial charge is 0.242 e. The van der Waals surface area contributed by atoms with Crippen LogP contribution >= 0.6 is 11.6 Å². The van der Waals surface area contributed by atoms with Crippen LogP contribution < -0.4 is 4.72 Å². The molecule has 0 amide bonds. The monoisotopic (exact) mass is 325 g/mol. The van der Waals surface area contributed by atoms with Gasteiger partial charge in [0.05, 0.1) is 11.6 Å². The highest BCUT2D eigenvalue weighted by molar-refractivity contribution is 7.89. The van der Waals surface area contributed by atoms with Crippen LogP contribution in [-0.2, 0) is 23.2 Å². The van der Waals surface area contributed by atoms with Crippen molar-refractivity contribution in [2.24, 2.45) is 0 Å². The van der Waals surface area contributed by atoms with Crippen molar-refractivity contribution in [1.29, 1.82) is 0 Å². The minimum Gasteiger partial charge on any atom is -0.392 e. The molecule has 0 aliphatic carbocycles. The lowest BCUT2D eigenvalue weighted by molar-refractivity contribution is 0.282. The van der Waals surface area contributed by atoms with E-state index in [0.29, 0.717) is 0 Å². The van der Waals surface area contributed by atoms with Gasteiger partial charge in [0, 0.05) is 6.54 Å². The fourth-order valence-electron chi connectivity index (χ4n) is 1.84. The summed E-state index contributed by atoms with van der Waals surface area (Å²) in [5.74, 6) is 0. The Labute approximate surface area is 129 Å². The van der Waals surface area contributed by atoms with E-state index in [1.807, 2.05) is 6.92 Å². The summed E-state index contributed by atoms with van der Waals surface area (Å²) in [5, 5.41) is 9.17. The van der Waals surface area contributed by atoms with E-state index < -0.39 is 10.0 Å². The molecular weight excluding hydrogens is 310 g/mol. The van der Waals surface area contributed by atoms with E-state index in [2.05, 4.69) is 4.72 Å². The first-order valence-electron chi connectivity index (χ1n) is 6.37. The van der Waals surface area contributed by atoms with Gasteiger partial charge in [0.25, 0.3) is 0 Å². The second-order valence-corrected chi connectivity index (χ2v) is 6.88. The van der Waals surface area contributed by atoms with Crippen LogP contribution in [0.25, 0.3) is 0 Å². The number of rotatable bonds is 5. The van der Waals surface area contributed by atoms with Crippen molar-refractivity contribution in [3.8, 4) is 0 Å². The van der Waals surface area contributed by atoms with Gasteiger partial charge < -0.3 is 5.11 Å². The highest BCUT2D eigenvalue weighted by Gasteiger charge is 2.17. The fraction of sp³-hybridized carbons (Fsp3) is 0.200. The number of aliphatic hydroxyl groups is 1. The summed E-state index contributed by atoms with van der Waals surface area (Å²) >= 11 is 5.99. The molecule has 0 aromatic heterocycles. The van der Waals surface area contributed by atoms with Gasteiger partial charge in [-0.1, -0.05) is 41.9 Å². The first-order chi connectivity index (χ1) is 9.92. The number of halogens is 1. The summed E-state index contributed by atoms with van der Waals surface area (Å²) in [6, 6.07) is 11.9. The van der Waals surface area contributed by atoms with E-state index in [0.717, 1.165) is 16.7 Å². The summed E-state index contributed by atoms with van der Waals surface area (Å²) in [6.45, 7) is 1.97. The Bertz CT molecular complexity index is 727. The number of hydrogen-bond acceptors (Lipinski definition) is 3. The molecule has 0 saturated carbocycles. The molecule has 2 N–H and O–H groups in total. The van der Waals surface area contributed by atoms with Crippen molar-refractivity contribution >= 4 is 21.6 Å². The maximum absolute atomic E-state index is 12.2. The maximum atomic E-state index is 12.2. The Morgan fingerprint density at radius 2 is 1.71 bits per heavy atom. The highest BCUT2D eigenvalue weighted by Crippen LogP contribution is 2.22. The van der Waals surface area contributed by atoms with Crippen LogP contribution in [0.5, 0.6) is 0 Å². The molecule has 2 aromatic carbocycles. The van der Waals surface area contributed by atoms with Crippen molar-refractivity contribution < 1.29 is 13.5 Å². The van der Waals surface area contributed by atoms with Crippen LogP contribution in [0.4, 0.5) is 0 Å². The molecule has 0 fully saturated rings. The van der Waals surface area contributed by atoms with E-state index in [1.54, 1.807) is 36.4 Å². The first-order valence-corrected chi connectivity index (χ1v) is 8.23. The molecule has 0 atom stereocenters. The van der Waals surface area contributed by atoms with Crippen molar-refractivity contribution in [3.63, 3.8) is 0 Å². The lowest BCUT2D eigenvalue weighted by Crippen LogP contribution is -2.23. The maximum Gasteiger partial charge on any atom is 0.242 e. The third kappa shape index (κ3) is 4.04. The largest absolute Gasteiger partial charge is 0.392 e. The number of hydrogen-bond donors (Lipinski definition) is 2. The van der Waals surface area contributed by atoms with Gasteiger partial charge >= 0.3 is 0 Å². The number of aryl methyl sites for hydroxylation is 1. The molecule has 0 unspecified atom stereocenters. The van der Waals surface area contributed by atoms with Crippen molar-refractivity contribution in [2.45, 2.75) is 25.0 Å². The molecule has 21 heavy (non-hydrogen) atoms. The van der Waals surface area contributed by atoms with Gasteiger partial charge in [-0.25, -0.2) is 13.1 Å². The van der Waals surface area contributed by atoms with Crippen molar-refractivity contribution in [2.75, 3.05) is 0 Å². The molecule has 0 spiro atoms. The molecule has 0 aliphatic rings. The van der Waals surface area contributed by atoms with E-state index in [1.165, 1.54) is 6.07 Å². The van der Waals surface area contributed by atoms with Crippen molar-refractivity contribution in [3.05, 3.63) is 64.2 Å². The fourth-order valence-corrected chi connectivity index (χ4v) is 3.46. The summed E-state index contributed by atoms with van der Waals surface area (Å²) in [7, 11) is -3.65. The van der Waals surface area contributed by atoms with E-state index in [-0.39, 0.29) is 23.1 Å². The van der Waals surface area contributed by atoms with Crippen LogP contribution in [0.1, 0.15) is 16.7 Å². The minimum atomic E-state index is -3.65. The number of sulfonamides is 1. The average molecular weight is 326 g/mol. The summed E-state index contributed by atoms with van der Waals surface area (Å²) < 4.78 is 27.0. The first kappa shape index (κ1) is 16.0. The number of nitrogens with one attached hydrogen (secondary N) is 1. The van der Waals surface area contributed by atoms with Gasteiger partial charge in [0.2, 0.25) is 10.0 Å². The van der Waals surface area contributed by atoms with Gasteiger partial charge in [-0.15, -0.1) is 0 Å². The minimum absolute atomic E-state index is 0.0367. The zero-order valence-electron chi connectivity index (χ0n) is 11.5. The van der Waals surface area contributed by atoms with Gasteiger partial charge in [-0.3, -0.25) is 0 Å². The Kier molecular flexibility index (Phi) is 5.00. The molecule has 0 saturated heterocycles. The highest BCUT2D eigenvalue weighted by atomic mass is 35.5. The van der Waals surface area contributed by atoms with Crippen LogP contribution in [0.3, 0.4) is 0 Å². The van der Waals surface area contributed by atoms with E-state index in [4.69, 9.17) is 16.7 Å². The number of benzene rings is 2. The normalized spacial score (nSPS) is 11.6. The summed E-state index contributed by atoms with van der Waals surface area (Å²) in [4.78, 5) is 0.0711. The molecule has 6 heteroatoms. The number of aliphatic hydroxyl groups excluding tert-OH is 1. The SMILES string of the molecule is Cc1ccc(S(=O)(=O)NCc2ccc(CO)cc2)c(Cl)c1. The molecule has 0 bridgehead atoms. The molecule has 112 valence electrons. The van der Waals surface area contributed by atoms with Crippen LogP contribution in [0.15, 0.2) is 47.4 Å². The van der Waals surface area contributed by atoms with Gasteiger partial charge in [0.15, 0.2) is 0 Å².